The zero-order valence-corrected chi connectivity index (χ0v) is 10.4. The molecule has 3 N–H and O–H groups in total. The molecule has 0 fully saturated rings. The van der Waals surface area contributed by atoms with Crippen LogP contribution in [0.3, 0.4) is 0 Å². The van der Waals surface area contributed by atoms with E-state index in [4.69, 9.17) is 5.73 Å². The largest absolute Gasteiger partial charge is 0.418 e. The monoisotopic (exact) mass is 299 g/mol. The van der Waals surface area contributed by atoms with Crippen LogP contribution in [0, 0.1) is 5.82 Å². The van der Waals surface area contributed by atoms with Gasteiger partial charge in [-0.3, -0.25) is 4.79 Å². The Balaban J connectivity index is 2.35. The smallest absolute Gasteiger partial charge is 0.383 e. The van der Waals surface area contributed by atoms with Crippen molar-refractivity contribution in [3.05, 3.63) is 53.5 Å². The molecular weight excluding hydrogens is 290 g/mol. The van der Waals surface area contributed by atoms with Gasteiger partial charge in [-0.25, -0.2) is 9.37 Å². The summed E-state index contributed by atoms with van der Waals surface area (Å²) >= 11 is 0. The lowest BCUT2D eigenvalue weighted by molar-refractivity contribution is -0.136. The predicted octanol–water partition coefficient (Wildman–Crippen LogP) is 3.07. The van der Waals surface area contributed by atoms with Crippen molar-refractivity contribution in [2.75, 3.05) is 11.1 Å². The minimum Gasteiger partial charge on any atom is -0.383 e. The van der Waals surface area contributed by atoms with Gasteiger partial charge in [-0.15, -0.1) is 0 Å². The van der Waals surface area contributed by atoms with Gasteiger partial charge in [-0.05, 0) is 18.2 Å². The van der Waals surface area contributed by atoms with Crippen molar-refractivity contribution in [1.82, 2.24) is 4.98 Å². The average Bonchev–Trinajstić information content (AvgIpc) is 2.41. The molecule has 0 atom stereocenters. The SMILES string of the molecule is Nc1ncc(F)cc1C(=O)Nc1ccccc1C(F)(F)F. The molecule has 0 aliphatic heterocycles. The Bertz CT molecular complexity index is 685. The number of nitrogens with one attached hydrogen (secondary N) is 1. The lowest BCUT2D eigenvalue weighted by atomic mass is 10.1. The number of halogens is 4. The second kappa shape index (κ2) is 5.39. The van der Waals surface area contributed by atoms with E-state index in [1.807, 2.05) is 0 Å². The highest BCUT2D eigenvalue weighted by atomic mass is 19.4. The van der Waals surface area contributed by atoms with Gasteiger partial charge in [0.05, 0.1) is 23.0 Å². The quantitative estimate of drug-likeness (QED) is 0.837. The first-order valence-electron chi connectivity index (χ1n) is 5.67. The maximum absolute atomic E-state index is 13.0. The van der Waals surface area contributed by atoms with Crippen LogP contribution in [-0.4, -0.2) is 10.9 Å². The van der Waals surface area contributed by atoms with Gasteiger partial charge in [0.1, 0.15) is 11.6 Å². The third-order valence-corrected chi connectivity index (χ3v) is 2.61. The van der Waals surface area contributed by atoms with Gasteiger partial charge in [-0.2, -0.15) is 13.2 Å². The van der Waals surface area contributed by atoms with E-state index in [0.29, 0.717) is 0 Å². The first-order chi connectivity index (χ1) is 9.79. The maximum atomic E-state index is 13.0. The van der Waals surface area contributed by atoms with Gasteiger partial charge in [0.2, 0.25) is 0 Å². The summed E-state index contributed by atoms with van der Waals surface area (Å²) in [5.41, 5.74) is 3.61. The molecule has 1 amide bonds. The molecule has 0 aliphatic carbocycles. The van der Waals surface area contributed by atoms with Gasteiger partial charge in [0, 0.05) is 0 Å². The van der Waals surface area contributed by atoms with Crippen LogP contribution >= 0.6 is 0 Å². The lowest BCUT2D eigenvalue weighted by Gasteiger charge is -2.13. The standard InChI is InChI=1S/C13H9F4N3O/c14-7-5-8(11(18)19-6-7)12(21)20-10-4-2-1-3-9(10)13(15,16)17/h1-6H,(H2,18,19)(H,20,21). The molecule has 0 unspecified atom stereocenters. The molecule has 4 nitrogen and oxygen atoms in total. The minimum absolute atomic E-state index is 0.279. The van der Waals surface area contributed by atoms with Gasteiger partial charge >= 0.3 is 6.18 Å². The first kappa shape index (κ1) is 14.8. The number of nitrogen functional groups attached to an aromatic ring is 1. The number of hydrogen-bond acceptors (Lipinski definition) is 3. The zero-order valence-electron chi connectivity index (χ0n) is 10.4. The van der Waals surface area contributed by atoms with Crippen molar-refractivity contribution in [3.63, 3.8) is 0 Å². The van der Waals surface area contributed by atoms with Gasteiger partial charge in [0.25, 0.3) is 5.91 Å². The number of nitrogens with two attached hydrogens (primary N) is 1. The molecule has 0 spiro atoms. The molecule has 1 aromatic heterocycles. The van der Waals surface area contributed by atoms with Crippen LogP contribution in [-0.2, 0) is 6.18 Å². The summed E-state index contributed by atoms with van der Waals surface area (Å²) in [6.45, 7) is 0. The number of anilines is 2. The molecule has 8 heteroatoms. The van der Waals surface area contributed by atoms with Gasteiger partial charge < -0.3 is 11.1 Å². The number of carbonyl (C=O) groups excluding carboxylic acids is 1. The van der Waals surface area contributed by atoms with Crippen LogP contribution in [0.2, 0.25) is 0 Å². The van der Waals surface area contributed by atoms with E-state index in [0.717, 1.165) is 24.4 Å². The minimum atomic E-state index is -4.63. The highest BCUT2D eigenvalue weighted by Crippen LogP contribution is 2.34. The van der Waals surface area contributed by atoms with Crippen molar-refractivity contribution in [2.45, 2.75) is 6.18 Å². The van der Waals surface area contributed by atoms with Crippen LogP contribution in [0.5, 0.6) is 0 Å². The normalized spacial score (nSPS) is 11.2. The molecule has 0 radical (unpaired) electrons. The number of aromatic nitrogens is 1. The second-order valence-electron chi connectivity index (χ2n) is 4.08. The Morgan fingerprint density at radius 2 is 1.90 bits per heavy atom. The Kier molecular flexibility index (Phi) is 3.79. The van der Waals surface area contributed by atoms with E-state index in [2.05, 4.69) is 10.3 Å². The number of amides is 1. The third-order valence-electron chi connectivity index (χ3n) is 2.61. The number of carbonyl (C=O) groups is 1. The number of benzene rings is 1. The summed E-state index contributed by atoms with van der Waals surface area (Å²) in [5.74, 6) is -2.08. The van der Waals surface area contributed by atoms with Crippen LogP contribution in [0.15, 0.2) is 36.5 Å². The molecule has 0 saturated heterocycles. The third kappa shape index (κ3) is 3.28. The number of para-hydroxylation sites is 1. The van der Waals surface area contributed by atoms with Crippen molar-refractivity contribution in [1.29, 1.82) is 0 Å². The number of nitrogens with zero attached hydrogens (tertiary/aromatic N) is 1. The van der Waals surface area contributed by atoms with E-state index >= 15 is 0 Å². The average molecular weight is 299 g/mol. The molecule has 2 aromatic rings. The molecule has 1 aromatic carbocycles. The number of pyridine rings is 1. The van der Waals surface area contributed by atoms with E-state index in [1.54, 1.807) is 0 Å². The molecule has 2 rings (SSSR count). The molecule has 21 heavy (non-hydrogen) atoms. The summed E-state index contributed by atoms with van der Waals surface area (Å²) in [6, 6.07) is 5.23. The highest BCUT2D eigenvalue weighted by molar-refractivity contribution is 6.07. The number of alkyl halides is 3. The maximum Gasteiger partial charge on any atom is 0.418 e. The van der Waals surface area contributed by atoms with Crippen molar-refractivity contribution >= 4 is 17.4 Å². The zero-order chi connectivity index (χ0) is 15.6. The molecule has 0 bridgehead atoms. The fourth-order valence-corrected chi connectivity index (χ4v) is 1.66. The first-order valence-corrected chi connectivity index (χ1v) is 5.67. The summed E-state index contributed by atoms with van der Waals surface area (Å²) in [7, 11) is 0. The van der Waals surface area contributed by atoms with E-state index in [9.17, 15) is 22.4 Å². The van der Waals surface area contributed by atoms with E-state index in [-0.39, 0.29) is 11.4 Å². The van der Waals surface area contributed by atoms with Crippen LogP contribution in [0.25, 0.3) is 0 Å². The molecule has 110 valence electrons. The Hall–Kier alpha value is -2.64. The van der Waals surface area contributed by atoms with Crippen LogP contribution in [0.4, 0.5) is 29.1 Å². The molecular formula is C13H9F4N3O. The second-order valence-corrected chi connectivity index (χ2v) is 4.08. The molecule has 0 aliphatic rings. The molecule has 1 heterocycles. The van der Waals surface area contributed by atoms with Crippen molar-refractivity contribution < 1.29 is 22.4 Å². The topological polar surface area (TPSA) is 68.0 Å². The fraction of sp³-hybridized carbons (Fsp3) is 0.0769. The van der Waals surface area contributed by atoms with Crippen LogP contribution < -0.4 is 11.1 Å². The fourth-order valence-electron chi connectivity index (χ4n) is 1.66. The molecule has 0 saturated carbocycles. The van der Waals surface area contributed by atoms with Gasteiger partial charge in [-0.1, -0.05) is 12.1 Å². The summed E-state index contributed by atoms with van der Waals surface area (Å²) in [4.78, 5) is 15.3. The Labute approximate surface area is 116 Å². The van der Waals surface area contributed by atoms with Crippen molar-refractivity contribution in [2.24, 2.45) is 0 Å². The van der Waals surface area contributed by atoms with E-state index in [1.165, 1.54) is 12.1 Å². The van der Waals surface area contributed by atoms with Crippen LogP contribution in [0.1, 0.15) is 15.9 Å². The highest BCUT2D eigenvalue weighted by Gasteiger charge is 2.33. The number of rotatable bonds is 2. The lowest BCUT2D eigenvalue weighted by Crippen LogP contribution is -2.18. The summed E-state index contributed by atoms with van der Waals surface area (Å²) in [5, 5.41) is 2.06. The predicted molar refractivity (Wildman–Crippen MR) is 68.0 cm³/mol. The summed E-state index contributed by atoms with van der Waals surface area (Å²) in [6.07, 6.45) is -3.83. The van der Waals surface area contributed by atoms with Gasteiger partial charge in [0.15, 0.2) is 0 Å². The Morgan fingerprint density at radius 1 is 1.24 bits per heavy atom. The summed E-state index contributed by atoms with van der Waals surface area (Å²) < 4.78 is 51.4. The Morgan fingerprint density at radius 3 is 2.57 bits per heavy atom. The van der Waals surface area contributed by atoms with Crippen molar-refractivity contribution in [3.8, 4) is 0 Å². The van der Waals surface area contributed by atoms with E-state index < -0.39 is 29.2 Å². The number of hydrogen-bond donors (Lipinski definition) is 2.